The van der Waals surface area contributed by atoms with E-state index in [9.17, 15) is 4.79 Å². The van der Waals surface area contributed by atoms with Gasteiger partial charge in [0.05, 0.1) is 5.02 Å². The summed E-state index contributed by atoms with van der Waals surface area (Å²) in [5, 5.41) is 14.5. The van der Waals surface area contributed by atoms with Gasteiger partial charge in [-0.3, -0.25) is 4.79 Å². The lowest BCUT2D eigenvalue weighted by molar-refractivity contribution is 0.102. The Morgan fingerprint density at radius 2 is 2.04 bits per heavy atom. The predicted molar refractivity (Wildman–Crippen MR) is 91.5 cm³/mol. The number of nitrogens with one attached hydrogen (secondary N) is 1. The number of benzene rings is 1. The molecule has 1 amide bonds. The van der Waals surface area contributed by atoms with Gasteiger partial charge in [0, 0.05) is 18.3 Å². The molecule has 3 aromatic rings. The number of rotatable bonds is 6. The maximum Gasteiger partial charge on any atom is 0.256 e. The first-order valence-corrected chi connectivity index (χ1v) is 7.94. The Labute approximate surface area is 148 Å². The topological polar surface area (TPSA) is 94.8 Å². The van der Waals surface area contributed by atoms with Gasteiger partial charge in [0.25, 0.3) is 5.91 Å². The SMILES string of the molecule is CCn1nnnc1COc1ccc(C(=O)Nc2ccc(Cl)cn2)cc1. The van der Waals surface area contributed by atoms with Crippen LogP contribution in [-0.2, 0) is 13.2 Å². The van der Waals surface area contributed by atoms with Gasteiger partial charge >= 0.3 is 0 Å². The predicted octanol–water partition coefficient (Wildman–Crippen LogP) is 2.57. The molecule has 0 aliphatic carbocycles. The van der Waals surface area contributed by atoms with E-state index in [1.165, 1.54) is 6.20 Å². The van der Waals surface area contributed by atoms with Crippen molar-refractivity contribution in [2.45, 2.75) is 20.1 Å². The van der Waals surface area contributed by atoms with Crippen LogP contribution in [0.5, 0.6) is 5.75 Å². The quantitative estimate of drug-likeness (QED) is 0.727. The van der Waals surface area contributed by atoms with E-state index in [4.69, 9.17) is 16.3 Å². The molecule has 0 saturated heterocycles. The Bertz CT molecular complexity index is 848. The maximum atomic E-state index is 12.2. The van der Waals surface area contributed by atoms with Gasteiger partial charge in [0.1, 0.15) is 18.2 Å². The van der Waals surface area contributed by atoms with Gasteiger partial charge in [-0.2, -0.15) is 0 Å². The first kappa shape index (κ1) is 16.8. The Kier molecular flexibility index (Phi) is 5.20. The van der Waals surface area contributed by atoms with Crippen molar-refractivity contribution < 1.29 is 9.53 Å². The number of pyridine rings is 1. The largest absolute Gasteiger partial charge is 0.486 e. The molecule has 1 aromatic carbocycles. The second-order valence-electron chi connectivity index (χ2n) is 5.04. The lowest BCUT2D eigenvalue weighted by Crippen LogP contribution is -2.12. The fourth-order valence-corrected chi connectivity index (χ4v) is 2.17. The summed E-state index contributed by atoms with van der Waals surface area (Å²) in [6, 6.07) is 10.1. The van der Waals surface area contributed by atoms with Gasteiger partial charge in [-0.05, 0) is 53.7 Å². The molecule has 128 valence electrons. The van der Waals surface area contributed by atoms with E-state index < -0.39 is 0 Å². The van der Waals surface area contributed by atoms with Gasteiger partial charge in [-0.1, -0.05) is 11.6 Å². The minimum absolute atomic E-state index is 0.251. The fourth-order valence-electron chi connectivity index (χ4n) is 2.06. The number of aryl methyl sites for hydroxylation is 1. The smallest absolute Gasteiger partial charge is 0.256 e. The Balaban J connectivity index is 1.59. The highest BCUT2D eigenvalue weighted by atomic mass is 35.5. The van der Waals surface area contributed by atoms with Crippen molar-refractivity contribution in [1.82, 2.24) is 25.2 Å². The van der Waals surface area contributed by atoms with Crippen molar-refractivity contribution >= 4 is 23.3 Å². The van der Waals surface area contributed by atoms with E-state index in [-0.39, 0.29) is 12.5 Å². The van der Waals surface area contributed by atoms with Crippen molar-refractivity contribution in [2.75, 3.05) is 5.32 Å². The highest BCUT2D eigenvalue weighted by Crippen LogP contribution is 2.15. The average molecular weight is 359 g/mol. The minimum Gasteiger partial charge on any atom is -0.486 e. The summed E-state index contributed by atoms with van der Waals surface area (Å²) in [6.07, 6.45) is 1.47. The third-order valence-corrected chi connectivity index (χ3v) is 3.58. The first-order chi connectivity index (χ1) is 12.2. The molecule has 0 saturated carbocycles. The molecule has 25 heavy (non-hydrogen) atoms. The van der Waals surface area contributed by atoms with Crippen LogP contribution in [0.2, 0.25) is 5.02 Å². The number of halogens is 1. The van der Waals surface area contributed by atoms with E-state index in [1.807, 2.05) is 6.92 Å². The van der Waals surface area contributed by atoms with E-state index in [0.717, 1.165) is 0 Å². The van der Waals surface area contributed by atoms with Crippen molar-refractivity contribution in [2.24, 2.45) is 0 Å². The number of ether oxygens (including phenoxy) is 1. The van der Waals surface area contributed by atoms with Crippen LogP contribution in [0.3, 0.4) is 0 Å². The molecular weight excluding hydrogens is 344 g/mol. The van der Waals surface area contributed by atoms with Crippen molar-refractivity contribution in [3.05, 3.63) is 59.0 Å². The molecule has 2 aromatic heterocycles. The number of amides is 1. The lowest BCUT2D eigenvalue weighted by atomic mass is 10.2. The van der Waals surface area contributed by atoms with Gasteiger partial charge in [0.2, 0.25) is 0 Å². The molecule has 2 heterocycles. The number of nitrogens with zero attached hydrogens (tertiary/aromatic N) is 5. The normalized spacial score (nSPS) is 10.5. The van der Waals surface area contributed by atoms with Crippen LogP contribution < -0.4 is 10.1 Å². The Hall–Kier alpha value is -3.00. The van der Waals surface area contributed by atoms with Gasteiger partial charge in [-0.25, -0.2) is 9.67 Å². The zero-order valence-corrected chi connectivity index (χ0v) is 14.1. The number of anilines is 1. The van der Waals surface area contributed by atoms with Crippen LogP contribution in [0, 0.1) is 0 Å². The van der Waals surface area contributed by atoms with Gasteiger partial charge in [0.15, 0.2) is 5.82 Å². The summed E-state index contributed by atoms with van der Waals surface area (Å²) in [7, 11) is 0. The zero-order chi connectivity index (χ0) is 17.6. The molecule has 0 aliphatic heterocycles. The van der Waals surface area contributed by atoms with E-state index >= 15 is 0 Å². The molecule has 9 heteroatoms. The van der Waals surface area contributed by atoms with Crippen LogP contribution in [0.4, 0.5) is 5.82 Å². The molecule has 0 aliphatic rings. The second-order valence-corrected chi connectivity index (χ2v) is 5.48. The van der Waals surface area contributed by atoms with Crippen LogP contribution in [0.1, 0.15) is 23.1 Å². The molecule has 0 bridgehead atoms. The number of carbonyl (C=O) groups is 1. The summed E-state index contributed by atoms with van der Waals surface area (Å²) in [6.45, 7) is 2.87. The molecule has 8 nitrogen and oxygen atoms in total. The molecule has 3 rings (SSSR count). The molecule has 0 spiro atoms. The fraction of sp³-hybridized carbons (Fsp3) is 0.188. The third kappa shape index (κ3) is 4.30. The molecule has 0 atom stereocenters. The summed E-state index contributed by atoms with van der Waals surface area (Å²) in [5.74, 6) is 1.42. The summed E-state index contributed by atoms with van der Waals surface area (Å²) >= 11 is 5.77. The Morgan fingerprint density at radius 3 is 2.72 bits per heavy atom. The van der Waals surface area contributed by atoms with E-state index in [1.54, 1.807) is 41.1 Å². The highest BCUT2D eigenvalue weighted by molar-refractivity contribution is 6.30. The van der Waals surface area contributed by atoms with Crippen LogP contribution in [-0.4, -0.2) is 31.1 Å². The van der Waals surface area contributed by atoms with Crippen LogP contribution in [0.15, 0.2) is 42.6 Å². The zero-order valence-electron chi connectivity index (χ0n) is 13.4. The summed E-state index contributed by atoms with van der Waals surface area (Å²) in [5.41, 5.74) is 0.488. The van der Waals surface area contributed by atoms with Gasteiger partial charge in [-0.15, -0.1) is 5.10 Å². The summed E-state index contributed by atoms with van der Waals surface area (Å²) in [4.78, 5) is 16.2. The average Bonchev–Trinajstić information content (AvgIpc) is 3.10. The maximum absolute atomic E-state index is 12.2. The van der Waals surface area contributed by atoms with Crippen molar-refractivity contribution in [3.63, 3.8) is 0 Å². The molecule has 0 unspecified atom stereocenters. The number of carbonyl (C=O) groups excluding carboxylic acids is 1. The molecule has 1 N–H and O–H groups in total. The van der Waals surface area contributed by atoms with Crippen LogP contribution in [0.25, 0.3) is 0 Å². The lowest BCUT2D eigenvalue weighted by Gasteiger charge is -2.07. The minimum atomic E-state index is -0.267. The third-order valence-electron chi connectivity index (χ3n) is 3.36. The molecular formula is C16H15ClN6O2. The monoisotopic (exact) mass is 358 g/mol. The molecule has 0 radical (unpaired) electrons. The van der Waals surface area contributed by atoms with E-state index in [2.05, 4.69) is 25.8 Å². The number of hydrogen-bond donors (Lipinski definition) is 1. The number of tetrazole rings is 1. The van der Waals surface area contributed by atoms with Crippen molar-refractivity contribution in [3.8, 4) is 5.75 Å². The van der Waals surface area contributed by atoms with Crippen LogP contribution >= 0.6 is 11.6 Å². The number of hydrogen-bond acceptors (Lipinski definition) is 6. The first-order valence-electron chi connectivity index (χ1n) is 7.56. The second kappa shape index (κ2) is 7.71. The van der Waals surface area contributed by atoms with Gasteiger partial charge < -0.3 is 10.1 Å². The van der Waals surface area contributed by atoms with Crippen molar-refractivity contribution in [1.29, 1.82) is 0 Å². The van der Waals surface area contributed by atoms with E-state index in [0.29, 0.717) is 34.5 Å². The number of aromatic nitrogens is 5. The highest BCUT2D eigenvalue weighted by Gasteiger charge is 2.08. The standard InChI is InChI=1S/C16H15ClN6O2/c1-2-23-15(20-21-22-23)10-25-13-6-3-11(4-7-13)16(24)19-14-8-5-12(17)9-18-14/h3-9H,2,10H2,1H3,(H,18,19,24). The summed E-state index contributed by atoms with van der Waals surface area (Å²) < 4.78 is 7.29. The molecule has 0 fully saturated rings. The Morgan fingerprint density at radius 1 is 1.24 bits per heavy atom.